The van der Waals surface area contributed by atoms with Crippen molar-refractivity contribution in [3.63, 3.8) is 0 Å². The Hall–Kier alpha value is -3.68. The molecule has 1 N–H and O–H groups in total. The lowest BCUT2D eigenvalue weighted by atomic mass is 9.86. The fourth-order valence-corrected chi connectivity index (χ4v) is 5.02. The van der Waals surface area contributed by atoms with E-state index >= 15 is 0 Å². The second-order valence-corrected chi connectivity index (χ2v) is 8.45. The Kier molecular flexibility index (Phi) is 4.92. The number of H-pyrrole nitrogens is 1. The van der Waals surface area contributed by atoms with Gasteiger partial charge in [0.15, 0.2) is 0 Å². The third-order valence-corrected chi connectivity index (χ3v) is 6.52. The Morgan fingerprint density at radius 2 is 1.97 bits per heavy atom. The van der Waals surface area contributed by atoms with E-state index in [-0.39, 0.29) is 24.0 Å². The van der Waals surface area contributed by atoms with E-state index in [1.165, 1.54) is 12.1 Å². The summed E-state index contributed by atoms with van der Waals surface area (Å²) >= 11 is 0. The molecule has 1 aromatic heterocycles. The van der Waals surface area contributed by atoms with Crippen molar-refractivity contribution < 1.29 is 14.5 Å². The highest BCUT2D eigenvalue weighted by Crippen LogP contribution is 2.43. The zero-order valence-corrected chi connectivity index (χ0v) is 17.8. The normalized spacial score (nSPS) is 20.4. The summed E-state index contributed by atoms with van der Waals surface area (Å²) in [6, 6.07) is 13.0. The summed E-state index contributed by atoms with van der Waals surface area (Å²) in [5.41, 5.74) is 3.33. The molecule has 3 heterocycles. The summed E-state index contributed by atoms with van der Waals surface area (Å²) in [4.78, 5) is 44.5. The van der Waals surface area contributed by atoms with Crippen molar-refractivity contribution in [3.05, 3.63) is 75.5 Å². The number of fused-ring (bicyclic) bond motifs is 4. The number of carbonyl (C=O) groups excluding carboxylic acids is 2. The first kappa shape index (κ1) is 20.2. The van der Waals surface area contributed by atoms with Crippen LogP contribution in [0, 0.1) is 10.1 Å². The molecule has 8 heteroatoms. The van der Waals surface area contributed by atoms with Gasteiger partial charge in [-0.2, -0.15) is 0 Å². The first-order chi connectivity index (χ1) is 15.5. The fraction of sp³-hybridized carbons (Fsp3) is 0.333. The van der Waals surface area contributed by atoms with Crippen LogP contribution in [0.2, 0.25) is 0 Å². The van der Waals surface area contributed by atoms with Crippen molar-refractivity contribution in [1.82, 2.24) is 14.8 Å². The molecule has 0 bridgehead atoms. The molecule has 0 spiro atoms. The number of non-ortho nitro benzene ring substituents is 1. The van der Waals surface area contributed by atoms with Gasteiger partial charge < -0.3 is 14.8 Å². The van der Waals surface area contributed by atoms with Crippen LogP contribution in [0.15, 0.2) is 48.5 Å². The van der Waals surface area contributed by atoms with E-state index in [0.29, 0.717) is 18.5 Å². The predicted octanol–water partition coefficient (Wildman–Crippen LogP) is 3.56. The van der Waals surface area contributed by atoms with Gasteiger partial charge in [-0.3, -0.25) is 19.7 Å². The molecule has 3 aromatic rings. The molecule has 2 aliphatic heterocycles. The number of nitro groups is 1. The number of aromatic nitrogens is 1. The Morgan fingerprint density at radius 1 is 1.16 bits per heavy atom. The van der Waals surface area contributed by atoms with Crippen LogP contribution in [0.25, 0.3) is 10.9 Å². The van der Waals surface area contributed by atoms with Crippen LogP contribution in [0.1, 0.15) is 42.6 Å². The van der Waals surface area contributed by atoms with Crippen LogP contribution < -0.4 is 0 Å². The van der Waals surface area contributed by atoms with Crippen molar-refractivity contribution in [1.29, 1.82) is 0 Å². The minimum Gasteiger partial charge on any atom is -0.356 e. The molecule has 0 radical (unpaired) electrons. The van der Waals surface area contributed by atoms with Crippen LogP contribution in [0.4, 0.5) is 5.69 Å². The van der Waals surface area contributed by atoms with Gasteiger partial charge in [0.1, 0.15) is 6.04 Å². The van der Waals surface area contributed by atoms with Gasteiger partial charge in [0, 0.05) is 41.7 Å². The number of aromatic amines is 1. The van der Waals surface area contributed by atoms with Gasteiger partial charge in [-0.1, -0.05) is 43.7 Å². The van der Waals surface area contributed by atoms with E-state index < -0.39 is 17.0 Å². The van der Waals surface area contributed by atoms with Gasteiger partial charge in [0.2, 0.25) is 11.8 Å². The highest BCUT2D eigenvalue weighted by molar-refractivity contribution is 5.97. The summed E-state index contributed by atoms with van der Waals surface area (Å²) in [5, 5.41) is 12.4. The number of hydrogen-bond donors (Lipinski definition) is 1. The summed E-state index contributed by atoms with van der Waals surface area (Å²) in [5.74, 6) is -0.184. The predicted molar refractivity (Wildman–Crippen MR) is 119 cm³/mol. The van der Waals surface area contributed by atoms with E-state index in [1.807, 2.05) is 24.3 Å². The quantitative estimate of drug-likeness (QED) is 0.492. The maximum atomic E-state index is 13.4. The monoisotopic (exact) mass is 432 g/mol. The van der Waals surface area contributed by atoms with Crippen molar-refractivity contribution in [2.75, 3.05) is 13.1 Å². The average Bonchev–Trinajstić information content (AvgIpc) is 3.17. The van der Waals surface area contributed by atoms with Crippen LogP contribution in [0.3, 0.4) is 0 Å². The molecule has 1 saturated heterocycles. The number of para-hydroxylation sites is 1. The maximum Gasteiger partial charge on any atom is 0.269 e. The highest BCUT2D eigenvalue weighted by Gasteiger charge is 2.48. The number of amides is 2. The molecule has 5 rings (SSSR count). The molecule has 0 unspecified atom stereocenters. The fourth-order valence-electron chi connectivity index (χ4n) is 5.02. The maximum absolute atomic E-state index is 13.4. The van der Waals surface area contributed by atoms with Crippen molar-refractivity contribution in [2.24, 2.45) is 0 Å². The van der Waals surface area contributed by atoms with Gasteiger partial charge in [-0.15, -0.1) is 0 Å². The third-order valence-electron chi connectivity index (χ3n) is 6.52. The smallest absolute Gasteiger partial charge is 0.269 e. The summed E-state index contributed by atoms with van der Waals surface area (Å²) in [6.45, 7) is 2.66. The van der Waals surface area contributed by atoms with Gasteiger partial charge in [0.05, 0.1) is 17.5 Å². The SMILES string of the molecule is CCCCN1CC(=O)N2[C@H](c3cccc([N+](=O)[O-])c3)c3[nH]c4ccccc4c3C[C@H]2C1=O. The van der Waals surface area contributed by atoms with Crippen LogP contribution in [0.5, 0.6) is 0 Å². The summed E-state index contributed by atoms with van der Waals surface area (Å²) in [7, 11) is 0. The minimum absolute atomic E-state index is 0.0380. The molecule has 0 saturated carbocycles. The molecule has 1 fully saturated rings. The van der Waals surface area contributed by atoms with Crippen molar-refractivity contribution in [3.8, 4) is 0 Å². The third kappa shape index (κ3) is 3.14. The summed E-state index contributed by atoms with van der Waals surface area (Å²) < 4.78 is 0. The number of carbonyl (C=O) groups is 2. The van der Waals surface area contributed by atoms with Gasteiger partial charge >= 0.3 is 0 Å². The topological polar surface area (TPSA) is 99.5 Å². The lowest BCUT2D eigenvalue weighted by Gasteiger charge is -2.47. The van der Waals surface area contributed by atoms with Crippen molar-refractivity contribution in [2.45, 2.75) is 38.3 Å². The molecule has 32 heavy (non-hydrogen) atoms. The molecule has 2 aromatic carbocycles. The number of hydrogen-bond acceptors (Lipinski definition) is 4. The molecular weight excluding hydrogens is 408 g/mol. The first-order valence-electron chi connectivity index (χ1n) is 10.9. The summed E-state index contributed by atoms with van der Waals surface area (Å²) in [6.07, 6.45) is 2.21. The molecule has 2 aliphatic rings. The standard InChI is InChI=1S/C24H24N4O4/c1-2-3-11-26-14-21(29)27-20(24(26)30)13-18-17-9-4-5-10-19(17)25-22(18)23(27)15-7-6-8-16(12-15)28(31)32/h4-10,12,20,23,25H,2-3,11,13-14H2,1H3/t20-,23+/m0/s1. The number of piperazine rings is 1. The Balaban J connectivity index is 1.68. The number of nitrogens with zero attached hydrogens (tertiary/aromatic N) is 3. The Bertz CT molecular complexity index is 1230. The van der Waals surface area contributed by atoms with Crippen LogP contribution >= 0.6 is 0 Å². The second-order valence-electron chi connectivity index (χ2n) is 8.45. The number of benzene rings is 2. The lowest BCUT2D eigenvalue weighted by Crippen LogP contribution is -2.63. The number of unbranched alkanes of at least 4 members (excludes halogenated alkanes) is 1. The molecular formula is C24H24N4O4. The number of nitro benzene ring substituents is 1. The van der Waals surface area contributed by atoms with Crippen LogP contribution in [-0.2, 0) is 16.0 Å². The number of nitrogens with one attached hydrogen (secondary N) is 1. The van der Waals surface area contributed by atoms with Crippen molar-refractivity contribution >= 4 is 28.4 Å². The van der Waals surface area contributed by atoms with E-state index in [9.17, 15) is 19.7 Å². The molecule has 164 valence electrons. The van der Waals surface area contributed by atoms with E-state index in [4.69, 9.17) is 0 Å². The lowest BCUT2D eigenvalue weighted by molar-refractivity contribution is -0.384. The molecule has 8 nitrogen and oxygen atoms in total. The van der Waals surface area contributed by atoms with E-state index in [2.05, 4.69) is 11.9 Å². The molecule has 2 atom stereocenters. The Morgan fingerprint density at radius 3 is 2.75 bits per heavy atom. The first-order valence-corrected chi connectivity index (χ1v) is 10.9. The Labute approximate surface area is 185 Å². The molecule has 0 aliphatic carbocycles. The average molecular weight is 432 g/mol. The minimum atomic E-state index is -0.621. The largest absolute Gasteiger partial charge is 0.356 e. The molecule has 2 amide bonds. The van der Waals surface area contributed by atoms with Gasteiger partial charge in [-0.05, 0) is 23.6 Å². The zero-order valence-electron chi connectivity index (χ0n) is 17.8. The second kappa shape index (κ2) is 7.78. The van der Waals surface area contributed by atoms with Gasteiger partial charge in [-0.25, -0.2) is 0 Å². The highest BCUT2D eigenvalue weighted by atomic mass is 16.6. The number of rotatable bonds is 5. The van der Waals surface area contributed by atoms with Crippen LogP contribution in [-0.4, -0.2) is 50.7 Å². The zero-order chi connectivity index (χ0) is 22.4. The van der Waals surface area contributed by atoms with E-state index in [0.717, 1.165) is 35.0 Å². The van der Waals surface area contributed by atoms with Gasteiger partial charge in [0.25, 0.3) is 5.69 Å². The van der Waals surface area contributed by atoms with E-state index in [1.54, 1.807) is 21.9 Å².